The Hall–Kier alpha value is -1.85. The van der Waals surface area contributed by atoms with Crippen LogP contribution in [0.1, 0.15) is 31.2 Å². The second kappa shape index (κ2) is 5.26. The second-order valence-electron chi connectivity index (χ2n) is 5.59. The van der Waals surface area contributed by atoms with Gasteiger partial charge < -0.3 is 10.0 Å². The summed E-state index contributed by atoms with van der Waals surface area (Å²) in [6.07, 6.45) is 1.08. The third-order valence-corrected chi connectivity index (χ3v) is 4.23. The summed E-state index contributed by atoms with van der Waals surface area (Å²) >= 11 is 0. The number of aryl methyl sites for hydroxylation is 2. The monoisotopic (exact) mass is 279 g/mol. The molecule has 1 aromatic rings. The zero-order valence-corrected chi connectivity index (χ0v) is 12.2. The van der Waals surface area contributed by atoms with E-state index in [1.165, 1.54) is 0 Å². The summed E-state index contributed by atoms with van der Waals surface area (Å²) in [6, 6.07) is 1.92. The lowest BCUT2D eigenvalue weighted by molar-refractivity contribution is -0.148. The van der Waals surface area contributed by atoms with Gasteiger partial charge in [0.2, 0.25) is 5.91 Å². The van der Waals surface area contributed by atoms with Gasteiger partial charge >= 0.3 is 5.97 Å². The molecule has 0 bridgehead atoms. The van der Waals surface area contributed by atoms with Crippen LogP contribution >= 0.6 is 0 Å². The van der Waals surface area contributed by atoms with Crippen molar-refractivity contribution in [2.45, 2.75) is 40.2 Å². The molecule has 1 aliphatic heterocycles. The molecular formula is C14H21N3O3. The summed E-state index contributed by atoms with van der Waals surface area (Å²) in [7, 11) is 0. The number of aliphatic carboxylic acids is 1. The van der Waals surface area contributed by atoms with Crippen LogP contribution in [-0.2, 0) is 16.1 Å². The molecule has 0 saturated carbocycles. The zero-order chi connectivity index (χ0) is 14.9. The van der Waals surface area contributed by atoms with Gasteiger partial charge in [-0.05, 0) is 32.8 Å². The maximum atomic E-state index is 12.3. The van der Waals surface area contributed by atoms with Gasteiger partial charge in [-0.25, -0.2) is 0 Å². The van der Waals surface area contributed by atoms with E-state index in [1.54, 1.807) is 9.58 Å². The molecule has 0 radical (unpaired) electrons. The van der Waals surface area contributed by atoms with Crippen molar-refractivity contribution in [2.75, 3.05) is 13.1 Å². The lowest BCUT2D eigenvalue weighted by Gasteiger charge is -2.23. The highest BCUT2D eigenvalue weighted by atomic mass is 16.4. The van der Waals surface area contributed by atoms with E-state index < -0.39 is 11.4 Å². The van der Waals surface area contributed by atoms with Crippen molar-refractivity contribution in [3.63, 3.8) is 0 Å². The van der Waals surface area contributed by atoms with Crippen LogP contribution in [0.5, 0.6) is 0 Å². The average Bonchev–Trinajstić information content (AvgIpc) is 2.94. The van der Waals surface area contributed by atoms with Gasteiger partial charge in [-0.1, -0.05) is 6.92 Å². The number of likely N-dealkylation sites (tertiary alicyclic amines) is 1. The molecule has 6 nitrogen and oxygen atoms in total. The molecule has 1 aliphatic rings. The largest absolute Gasteiger partial charge is 0.481 e. The van der Waals surface area contributed by atoms with Crippen molar-refractivity contribution in [1.29, 1.82) is 0 Å². The molecule has 0 aliphatic carbocycles. The lowest BCUT2D eigenvalue weighted by Crippen LogP contribution is -2.38. The van der Waals surface area contributed by atoms with Crippen molar-refractivity contribution >= 4 is 11.9 Å². The molecule has 0 spiro atoms. The van der Waals surface area contributed by atoms with Crippen molar-refractivity contribution in [2.24, 2.45) is 5.41 Å². The normalized spacial score (nSPS) is 22.2. The first-order chi connectivity index (χ1) is 9.38. The Labute approximate surface area is 118 Å². The second-order valence-corrected chi connectivity index (χ2v) is 5.59. The number of carbonyl (C=O) groups is 2. The number of nitrogens with zero attached hydrogens (tertiary/aromatic N) is 3. The Morgan fingerprint density at radius 2 is 2.15 bits per heavy atom. The Balaban J connectivity index is 2.05. The summed E-state index contributed by atoms with van der Waals surface area (Å²) in [5.74, 6) is -0.866. The average molecular weight is 279 g/mol. The molecule has 1 atom stereocenters. The third kappa shape index (κ3) is 2.55. The van der Waals surface area contributed by atoms with Crippen molar-refractivity contribution in [3.8, 4) is 0 Å². The highest BCUT2D eigenvalue weighted by Crippen LogP contribution is 2.34. The summed E-state index contributed by atoms with van der Waals surface area (Å²) in [4.78, 5) is 25.3. The highest BCUT2D eigenvalue weighted by molar-refractivity contribution is 5.80. The molecule has 6 heteroatoms. The minimum Gasteiger partial charge on any atom is -0.481 e. The van der Waals surface area contributed by atoms with Gasteiger partial charge in [0.1, 0.15) is 6.54 Å². The van der Waals surface area contributed by atoms with Crippen LogP contribution in [0.15, 0.2) is 6.07 Å². The van der Waals surface area contributed by atoms with Crippen LogP contribution in [0.3, 0.4) is 0 Å². The van der Waals surface area contributed by atoms with Crippen molar-refractivity contribution in [1.82, 2.24) is 14.7 Å². The fourth-order valence-electron chi connectivity index (χ4n) is 2.76. The topological polar surface area (TPSA) is 75.4 Å². The minimum absolute atomic E-state index is 0.0622. The summed E-state index contributed by atoms with van der Waals surface area (Å²) < 4.78 is 1.67. The maximum absolute atomic E-state index is 12.3. The maximum Gasteiger partial charge on any atom is 0.311 e. The van der Waals surface area contributed by atoms with E-state index >= 15 is 0 Å². The Bertz CT molecular complexity index is 538. The van der Waals surface area contributed by atoms with Crippen LogP contribution < -0.4 is 0 Å². The molecule has 1 fully saturated rings. The van der Waals surface area contributed by atoms with E-state index in [9.17, 15) is 14.7 Å². The third-order valence-electron chi connectivity index (χ3n) is 4.23. The van der Waals surface area contributed by atoms with E-state index in [4.69, 9.17) is 0 Å². The Morgan fingerprint density at radius 3 is 2.60 bits per heavy atom. The Kier molecular flexibility index (Phi) is 3.83. The van der Waals surface area contributed by atoms with Gasteiger partial charge in [0.15, 0.2) is 0 Å². The molecule has 0 aromatic carbocycles. The molecule has 1 N–H and O–H groups in total. The molecule has 2 heterocycles. The fraction of sp³-hybridized carbons (Fsp3) is 0.643. The van der Waals surface area contributed by atoms with Gasteiger partial charge in [-0.15, -0.1) is 0 Å². The van der Waals surface area contributed by atoms with Crippen LogP contribution in [-0.4, -0.2) is 44.8 Å². The van der Waals surface area contributed by atoms with Gasteiger partial charge in [-0.3, -0.25) is 14.3 Å². The van der Waals surface area contributed by atoms with Crippen molar-refractivity contribution in [3.05, 3.63) is 17.5 Å². The van der Waals surface area contributed by atoms with Gasteiger partial charge in [-0.2, -0.15) is 5.10 Å². The number of hydrogen-bond donors (Lipinski definition) is 1. The SMILES string of the molecule is CCC1(C(=O)O)CCN(C(=O)Cn2nc(C)cc2C)C1. The Morgan fingerprint density at radius 1 is 1.45 bits per heavy atom. The molecular weight excluding hydrogens is 258 g/mol. The predicted octanol–water partition coefficient (Wildman–Crippen LogP) is 1.21. The molecule has 2 rings (SSSR count). The van der Waals surface area contributed by atoms with Gasteiger partial charge in [0, 0.05) is 18.8 Å². The summed E-state index contributed by atoms with van der Waals surface area (Å²) in [5.41, 5.74) is 1.05. The number of amides is 1. The molecule has 1 amide bonds. The summed E-state index contributed by atoms with van der Waals surface area (Å²) in [6.45, 7) is 6.65. The standard InChI is InChI=1S/C14H21N3O3/c1-4-14(13(19)20)5-6-16(9-14)12(18)8-17-11(3)7-10(2)15-17/h7H,4-6,8-9H2,1-3H3,(H,19,20). The number of aromatic nitrogens is 2. The van der Waals surface area contributed by atoms with Crippen molar-refractivity contribution < 1.29 is 14.7 Å². The number of carboxylic acids is 1. The van der Waals surface area contributed by atoms with E-state index in [0.29, 0.717) is 25.9 Å². The summed E-state index contributed by atoms with van der Waals surface area (Å²) in [5, 5.41) is 13.6. The van der Waals surface area contributed by atoms with Crippen LogP contribution in [0.2, 0.25) is 0 Å². The number of hydrogen-bond acceptors (Lipinski definition) is 3. The minimum atomic E-state index is -0.804. The van der Waals surface area contributed by atoms with E-state index in [0.717, 1.165) is 11.4 Å². The molecule has 1 unspecified atom stereocenters. The molecule has 20 heavy (non-hydrogen) atoms. The molecule has 110 valence electrons. The fourth-order valence-corrected chi connectivity index (χ4v) is 2.76. The van der Waals surface area contributed by atoms with Crippen LogP contribution in [0.4, 0.5) is 0 Å². The van der Waals surface area contributed by atoms with Crippen LogP contribution in [0, 0.1) is 19.3 Å². The number of carbonyl (C=O) groups excluding carboxylic acids is 1. The highest BCUT2D eigenvalue weighted by Gasteiger charge is 2.44. The smallest absolute Gasteiger partial charge is 0.311 e. The quantitative estimate of drug-likeness (QED) is 0.899. The first-order valence-corrected chi connectivity index (χ1v) is 6.90. The molecule has 1 aromatic heterocycles. The first kappa shape index (κ1) is 14.6. The lowest BCUT2D eigenvalue weighted by atomic mass is 9.84. The van der Waals surface area contributed by atoms with E-state index in [1.807, 2.05) is 26.8 Å². The predicted molar refractivity (Wildman–Crippen MR) is 73.3 cm³/mol. The first-order valence-electron chi connectivity index (χ1n) is 6.90. The number of carboxylic acid groups (broad SMARTS) is 1. The number of rotatable bonds is 4. The van der Waals surface area contributed by atoms with Gasteiger partial charge in [0.05, 0.1) is 11.1 Å². The van der Waals surface area contributed by atoms with Gasteiger partial charge in [0.25, 0.3) is 0 Å². The molecule has 1 saturated heterocycles. The zero-order valence-electron chi connectivity index (χ0n) is 12.2. The van der Waals surface area contributed by atoms with E-state index in [-0.39, 0.29) is 12.5 Å². The van der Waals surface area contributed by atoms with E-state index in [2.05, 4.69) is 5.10 Å². The van der Waals surface area contributed by atoms with Crippen LogP contribution in [0.25, 0.3) is 0 Å².